The van der Waals surface area contributed by atoms with Crippen LogP contribution in [0.25, 0.3) is 32.8 Å². The Balaban J connectivity index is 2.54. The molecule has 0 atom stereocenters. The number of halogens is 4. The second-order valence-electron chi connectivity index (χ2n) is 4.15. The monoisotopic (exact) mass is 342 g/mol. The number of hydrogen-bond donors (Lipinski definition) is 0. The summed E-state index contributed by atoms with van der Waals surface area (Å²) in [5.74, 6) is 0. The van der Waals surface area contributed by atoms with Crippen molar-refractivity contribution in [3.8, 4) is 0 Å². The number of rotatable bonds is 0. The van der Waals surface area contributed by atoms with Crippen molar-refractivity contribution in [3.63, 3.8) is 0 Å². The summed E-state index contributed by atoms with van der Waals surface area (Å²) in [5.41, 5.74) is 2.03. The lowest BCUT2D eigenvalue weighted by Crippen LogP contribution is -1.96. The zero-order valence-electron chi connectivity index (χ0n) is 9.46. The van der Waals surface area contributed by atoms with Gasteiger partial charge in [0.1, 0.15) is 12.7 Å². The van der Waals surface area contributed by atoms with Gasteiger partial charge in [0.15, 0.2) is 0 Å². The van der Waals surface area contributed by atoms with E-state index in [4.69, 9.17) is 46.4 Å². The minimum Gasteiger partial charge on any atom is -0.235 e. The van der Waals surface area contributed by atoms with Crippen molar-refractivity contribution >= 4 is 79.2 Å². The molecule has 0 saturated carbocycles. The molecule has 98 valence electrons. The molecule has 4 nitrogen and oxygen atoms in total. The smallest absolute Gasteiger partial charge is 0.116 e. The third-order valence-electron chi connectivity index (χ3n) is 3.16. The average molecular weight is 344 g/mol. The van der Waals surface area contributed by atoms with E-state index in [1.54, 1.807) is 0 Å². The Kier molecular flexibility index (Phi) is 2.60. The van der Waals surface area contributed by atoms with Crippen molar-refractivity contribution in [2.75, 3.05) is 0 Å². The van der Waals surface area contributed by atoms with E-state index in [1.807, 2.05) is 0 Å². The molecule has 0 aliphatic heterocycles. The van der Waals surface area contributed by atoms with Gasteiger partial charge >= 0.3 is 0 Å². The van der Waals surface area contributed by atoms with Gasteiger partial charge in [0.2, 0.25) is 0 Å². The molecule has 0 fully saturated rings. The van der Waals surface area contributed by atoms with E-state index in [0.717, 1.165) is 0 Å². The van der Waals surface area contributed by atoms with E-state index >= 15 is 0 Å². The lowest BCUT2D eigenvalue weighted by Gasteiger charge is -2.13. The summed E-state index contributed by atoms with van der Waals surface area (Å²) >= 11 is 25.1. The van der Waals surface area contributed by atoms with Crippen LogP contribution in [-0.4, -0.2) is 19.9 Å². The van der Waals surface area contributed by atoms with E-state index in [-0.39, 0.29) is 0 Å². The maximum atomic E-state index is 6.26. The Morgan fingerprint density at radius 2 is 0.750 bits per heavy atom. The molecule has 0 aliphatic rings. The highest BCUT2D eigenvalue weighted by molar-refractivity contribution is 6.53. The van der Waals surface area contributed by atoms with E-state index in [2.05, 4.69) is 19.9 Å². The summed E-state index contributed by atoms with van der Waals surface area (Å²) in [4.78, 5) is 16.7. The van der Waals surface area contributed by atoms with Crippen LogP contribution >= 0.6 is 46.4 Å². The second-order valence-corrected chi connectivity index (χ2v) is 5.66. The molecule has 4 aromatic rings. The Hall–Kier alpha value is -1.20. The number of nitrogens with zero attached hydrogens (tertiary/aromatic N) is 4. The maximum absolute atomic E-state index is 6.26. The van der Waals surface area contributed by atoms with Crippen LogP contribution in [0.15, 0.2) is 12.7 Å². The molecule has 0 radical (unpaired) electrons. The predicted molar refractivity (Wildman–Crippen MR) is 81.4 cm³/mol. The molecule has 0 N–H and O–H groups in total. The van der Waals surface area contributed by atoms with Crippen molar-refractivity contribution in [1.29, 1.82) is 0 Å². The SMILES string of the molecule is Clc1c(Cl)c2ncnc3c(Cl)c(Cl)c4ncnc1c4c23. The number of benzene rings is 2. The van der Waals surface area contributed by atoms with Crippen molar-refractivity contribution in [1.82, 2.24) is 19.9 Å². The summed E-state index contributed by atoms with van der Waals surface area (Å²) in [6, 6.07) is 0. The van der Waals surface area contributed by atoms with E-state index in [0.29, 0.717) is 52.9 Å². The highest BCUT2D eigenvalue weighted by atomic mass is 35.5. The van der Waals surface area contributed by atoms with Gasteiger partial charge in [-0.1, -0.05) is 46.4 Å². The summed E-state index contributed by atoms with van der Waals surface area (Å²) in [5, 5.41) is 2.58. The fraction of sp³-hybridized carbons (Fsp3) is 0. The molecule has 2 aromatic heterocycles. The molecule has 2 heterocycles. The van der Waals surface area contributed by atoms with Crippen LogP contribution in [0.3, 0.4) is 0 Å². The quantitative estimate of drug-likeness (QED) is 0.431. The average Bonchev–Trinajstić information content (AvgIpc) is 2.48. The van der Waals surface area contributed by atoms with Gasteiger partial charge in [0.25, 0.3) is 0 Å². The normalized spacial score (nSPS) is 12.0. The zero-order chi connectivity index (χ0) is 14.0. The zero-order valence-corrected chi connectivity index (χ0v) is 12.5. The molecule has 8 heteroatoms. The lowest BCUT2D eigenvalue weighted by molar-refractivity contribution is 1.24. The van der Waals surface area contributed by atoms with Gasteiger partial charge in [-0.15, -0.1) is 0 Å². The molecule has 20 heavy (non-hydrogen) atoms. The Morgan fingerprint density at radius 1 is 0.500 bits per heavy atom. The van der Waals surface area contributed by atoms with Crippen LogP contribution in [0.2, 0.25) is 20.1 Å². The molecule has 0 amide bonds. The molecule has 0 saturated heterocycles. The largest absolute Gasteiger partial charge is 0.235 e. The van der Waals surface area contributed by atoms with Gasteiger partial charge in [0, 0.05) is 10.8 Å². The third-order valence-corrected chi connectivity index (χ3v) is 4.83. The first-order valence-corrected chi connectivity index (χ1v) is 6.95. The maximum Gasteiger partial charge on any atom is 0.116 e. The fourth-order valence-electron chi connectivity index (χ4n) is 2.33. The van der Waals surface area contributed by atoms with Gasteiger partial charge in [-0.05, 0) is 0 Å². The lowest BCUT2D eigenvalue weighted by atomic mass is 10.0. The molecule has 0 bridgehead atoms. The van der Waals surface area contributed by atoms with Gasteiger partial charge in [-0.25, -0.2) is 19.9 Å². The third kappa shape index (κ3) is 1.40. The van der Waals surface area contributed by atoms with Crippen molar-refractivity contribution < 1.29 is 0 Å². The van der Waals surface area contributed by atoms with Crippen LogP contribution in [-0.2, 0) is 0 Å². The second kappa shape index (κ2) is 4.15. The van der Waals surface area contributed by atoms with Gasteiger partial charge < -0.3 is 0 Å². The highest BCUT2D eigenvalue weighted by Gasteiger charge is 2.23. The van der Waals surface area contributed by atoms with Gasteiger partial charge in [-0.2, -0.15) is 0 Å². The first kappa shape index (κ1) is 12.5. The molecule has 4 rings (SSSR count). The number of aromatic nitrogens is 4. The molecular formula is C12H2Cl4N4. The molecule has 0 spiro atoms. The molecule has 0 unspecified atom stereocenters. The summed E-state index contributed by atoms with van der Waals surface area (Å²) < 4.78 is 0. The van der Waals surface area contributed by atoms with Gasteiger partial charge in [0.05, 0.1) is 42.2 Å². The predicted octanol–water partition coefficient (Wildman–Crippen LogP) is 4.78. The minimum atomic E-state index is 0.310. The van der Waals surface area contributed by atoms with Crippen molar-refractivity contribution in [2.45, 2.75) is 0 Å². The van der Waals surface area contributed by atoms with Crippen LogP contribution in [0.4, 0.5) is 0 Å². The Labute approximate surface area is 132 Å². The number of hydrogen-bond acceptors (Lipinski definition) is 4. The van der Waals surface area contributed by atoms with Crippen LogP contribution in [0.5, 0.6) is 0 Å². The van der Waals surface area contributed by atoms with E-state index in [1.165, 1.54) is 12.7 Å². The van der Waals surface area contributed by atoms with Crippen molar-refractivity contribution in [2.24, 2.45) is 0 Å². The van der Waals surface area contributed by atoms with E-state index < -0.39 is 0 Å². The first-order chi connectivity index (χ1) is 9.61. The Morgan fingerprint density at radius 3 is 1.00 bits per heavy atom. The molecule has 0 aliphatic carbocycles. The van der Waals surface area contributed by atoms with Crippen molar-refractivity contribution in [3.05, 3.63) is 32.7 Å². The van der Waals surface area contributed by atoms with Crippen LogP contribution in [0.1, 0.15) is 0 Å². The minimum absolute atomic E-state index is 0.310. The van der Waals surface area contributed by atoms with Crippen LogP contribution < -0.4 is 0 Å². The standard InChI is InChI=1S/C12H2Cl4N4/c13-5-7(15)11-4-3-9(5)17-1-18-10(3)6(14)8(16)12(4)20-2-19-11/h1-2H. The van der Waals surface area contributed by atoms with Crippen LogP contribution in [0, 0.1) is 0 Å². The first-order valence-electron chi connectivity index (χ1n) is 5.43. The fourth-order valence-corrected chi connectivity index (χ4v) is 3.26. The summed E-state index contributed by atoms with van der Waals surface area (Å²) in [6.07, 6.45) is 2.74. The van der Waals surface area contributed by atoms with E-state index in [9.17, 15) is 0 Å². The molecular weight excluding hydrogens is 342 g/mol. The molecule has 2 aromatic carbocycles. The highest BCUT2D eigenvalue weighted by Crippen LogP contribution is 2.45. The topological polar surface area (TPSA) is 51.6 Å². The van der Waals surface area contributed by atoms with Gasteiger partial charge in [-0.3, -0.25) is 0 Å². The summed E-state index contributed by atoms with van der Waals surface area (Å²) in [7, 11) is 0. The Bertz CT molecular complexity index is 848. The summed E-state index contributed by atoms with van der Waals surface area (Å²) in [6.45, 7) is 0.